The van der Waals surface area contributed by atoms with Crippen molar-refractivity contribution in [3.63, 3.8) is 0 Å². The molecule has 0 aromatic carbocycles. The van der Waals surface area contributed by atoms with E-state index in [0.717, 1.165) is 4.90 Å². The van der Waals surface area contributed by atoms with Crippen molar-refractivity contribution in [1.82, 2.24) is 4.90 Å². The standard InChI is InChI=1S/C8H13F2NO2/c1-8(2,3)11-5(6(9)10)4-13-7(11)12/h5-6H,4H2,1-3H3. The second-order valence-corrected chi connectivity index (χ2v) is 4.02. The quantitative estimate of drug-likeness (QED) is 0.636. The van der Waals surface area contributed by atoms with Crippen LogP contribution in [0.5, 0.6) is 0 Å². The van der Waals surface area contributed by atoms with Gasteiger partial charge in [-0.3, -0.25) is 4.90 Å². The van der Waals surface area contributed by atoms with E-state index < -0.39 is 24.1 Å². The highest BCUT2D eigenvalue weighted by molar-refractivity contribution is 5.71. The lowest BCUT2D eigenvalue weighted by Gasteiger charge is -2.33. The van der Waals surface area contributed by atoms with Crippen LogP contribution in [0.1, 0.15) is 20.8 Å². The fourth-order valence-electron chi connectivity index (χ4n) is 1.39. The molecule has 1 amide bonds. The predicted octanol–water partition coefficient (Wildman–Crippen LogP) is 1.87. The Bertz CT molecular complexity index is 213. The minimum Gasteiger partial charge on any atom is -0.447 e. The second-order valence-electron chi connectivity index (χ2n) is 4.02. The lowest BCUT2D eigenvalue weighted by Crippen LogP contribution is -2.50. The van der Waals surface area contributed by atoms with Crippen molar-refractivity contribution in [1.29, 1.82) is 0 Å². The van der Waals surface area contributed by atoms with Gasteiger partial charge in [0.25, 0.3) is 6.43 Å². The summed E-state index contributed by atoms with van der Waals surface area (Å²) in [6.07, 6.45) is -3.21. The monoisotopic (exact) mass is 193 g/mol. The van der Waals surface area contributed by atoms with E-state index in [2.05, 4.69) is 4.74 Å². The molecule has 5 heteroatoms. The number of carbonyl (C=O) groups is 1. The maximum absolute atomic E-state index is 12.4. The fraction of sp³-hybridized carbons (Fsp3) is 0.875. The smallest absolute Gasteiger partial charge is 0.410 e. The number of hydrogen-bond donors (Lipinski definition) is 0. The van der Waals surface area contributed by atoms with E-state index >= 15 is 0 Å². The van der Waals surface area contributed by atoms with Crippen LogP contribution in [0, 0.1) is 0 Å². The molecule has 1 heterocycles. The lowest BCUT2D eigenvalue weighted by molar-refractivity contribution is 0.0283. The number of carbonyl (C=O) groups excluding carboxylic acids is 1. The van der Waals surface area contributed by atoms with Gasteiger partial charge in [-0.05, 0) is 20.8 Å². The lowest BCUT2D eigenvalue weighted by atomic mass is 10.0. The molecular weight excluding hydrogens is 180 g/mol. The molecule has 3 nitrogen and oxygen atoms in total. The zero-order chi connectivity index (χ0) is 10.2. The molecule has 1 fully saturated rings. The van der Waals surface area contributed by atoms with Crippen molar-refractivity contribution < 1.29 is 18.3 Å². The molecule has 0 N–H and O–H groups in total. The molecule has 0 bridgehead atoms. The van der Waals surface area contributed by atoms with Crippen molar-refractivity contribution in [3.8, 4) is 0 Å². The number of cyclic esters (lactones) is 1. The van der Waals surface area contributed by atoms with Crippen LogP contribution in [0.4, 0.5) is 13.6 Å². The van der Waals surface area contributed by atoms with Gasteiger partial charge in [0.15, 0.2) is 0 Å². The first-order chi connectivity index (χ1) is 5.84. The van der Waals surface area contributed by atoms with Crippen LogP contribution in [-0.2, 0) is 4.74 Å². The summed E-state index contributed by atoms with van der Waals surface area (Å²) >= 11 is 0. The van der Waals surface area contributed by atoms with Gasteiger partial charge >= 0.3 is 6.09 Å². The molecule has 1 aliphatic rings. The van der Waals surface area contributed by atoms with E-state index in [9.17, 15) is 13.6 Å². The normalized spacial score (nSPS) is 24.0. The number of alkyl halides is 2. The molecule has 0 aromatic rings. The highest BCUT2D eigenvalue weighted by Crippen LogP contribution is 2.26. The van der Waals surface area contributed by atoms with Crippen LogP contribution in [0.25, 0.3) is 0 Å². The summed E-state index contributed by atoms with van der Waals surface area (Å²) in [5.74, 6) is 0. The van der Waals surface area contributed by atoms with Crippen molar-refractivity contribution in [2.75, 3.05) is 6.61 Å². The Labute approximate surface area is 75.7 Å². The Hall–Kier alpha value is -0.870. The number of rotatable bonds is 1. The third-order valence-corrected chi connectivity index (χ3v) is 1.92. The van der Waals surface area contributed by atoms with E-state index in [1.165, 1.54) is 0 Å². The molecule has 1 aliphatic heterocycles. The highest BCUT2D eigenvalue weighted by atomic mass is 19.3. The van der Waals surface area contributed by atoms with Gasteiger partial charge in [0.1, 0.15) is 12.6 Å². The summed E-state index contributed by atoms with van der Waals surface area (Å²) in [7, 11) is 0. The Morgan fingerprint density at radius 2 is 2.08 bits per heavy atom. The van der Waals surface area contributed by atoms with Gasteiger partial charge < -0.3 is 4.74 Å². The van der Waals surface area contributed by atoms with Gasteiger partial charge in [-0.2, -0.15) is 0 Å². The summed E-state index contributed by atoms with van der Waals surface area (Å²) in [5, 5.41) is 0. The molecule has 0 aromatic heterocycles. The largest absolute Gasteiger partial charge is 0.447 e. The molecule has 0 saturated carbocycles. The van der Waals surface area contributed by atoms with Gasteiger partial charge in [-0.25, -0.2) is 13.6 Å². The molecule has 1 saturated heterocycles. The van der Waals surface area contributed by atoms with Gasteiger partial charge in [0, 0.05) is 5.54 Å². The van der Waals surface area contributed by atoms with Gasteiger partial charge in [-0.1, -0.05) is 0 Å². The molecule has 13 heavy (non-hydrogen) atoms. The maximum atomic E-state index is 12.4. The topological polar surface area (TPSA) is 29.5 Å². The molecule has 1 rings (SSSR count). The van der Waals surface area contributed by atoms with Crippen molar-refractivity contribution in [3.05, 3.63) is 0 Å². The van der Waals surface area contributed by atoms with E-state index in [-0.39, 0.29) is 6.61 Å². The van der Waals surface area contributed by atoms with E-state index in [4.69, 9.17) is 0 Å². The van der Waals surface area contributed by atoms with Crippen LogP contribution in [0.15, 0.2) is 0 Å². The summed E-state index contributed by atoms with van der Waals surface area (Å²) < 4.78 is 29.4. The van der Waals surface area contributed by atoms with Gasteiger partial charge in [0.05, 0.1) is 0 Å². The second kappa shape index (κ2) is 3.12. The van der Waals surface area contributed by atoms with E-state index in [0.29, 0.717) is 0 Å². The van der Waals surface area contributed by atoms with E-state index in [1.54, 1.807) is 20.8 Å². The Morgan fingerprint density at radius 3 is 2.38 bits per heavy atom. The van der Waals surface area contributed by atoms with Crippen LogP contribution in [0.3, 0.4) is 0 Å². The highest BCUT2D eigenvalue weighted by Gasteiger charge is 2.44. The average Bonchev–Trinajstić information content (AvgIpc) is 2.28. The molecule has 0 aliphatic carbocycles. The Morgan fingerprint density at radius 1 is 1.54 bits per heavy atom. The summed E-state index contributed by atoms with van der Waals surface area (Å²) in [6.45, 7) is 4.90. The molecule has 0 spiro atoms. The molecule has 1 atom stereocenters. The van der Waals surface area contributed by atoms with Crippen molar-refractivity contribution >= 4 is 6.09 Å². The van der Waals surface area contributed by atoms with Gasteiger partial charge in [0.2, 0.25) is 0 Å². The zero-order valence-corrected chi connectivity index (χ0v) is 7.88. The molecule has 1 unspecified atom stereocenters. The number of nitrogens with zero attached hydrogens (tertiary/aromatic N) is 1. The SMILES string of the molecule is CC(C)(C)N1C(=O)OCC1C(F)F. The third-order valence-electron chi connectivity index (χ3n) is 1.92. The number of amides is 1. The van der Waals surface area contributed by atoms with Crippen molar-refractivity contribution in [2.45, 2.75) is 38.8 Å². The van der Waals surface area contributed by atoms with Crippen LogP contribution in [-0.4, -0.2) is 35.6 Å². The number of halogens is 2. The van der Waals surface area contributed by atoms with Crippen LogP contribution >= 0.6 is 0 Å². The molecule has 0 radical (unpaired) electrons. The minimum atomic E-state index is -2.55. The number of ether oxygens (including phenoxy) is 1. The predicted molar refractivity (Wildman–Crippen MR) is 42.7 cm³/mol. The van der Waals surface area contributed by atoms with Crippen molar-refractivity contribution in [2.24, 2.45) is 0 Å². The van der Waals surface area contributed by atoms with Crippen LogP contribution < -0.4 is 0 Å². The van der Waals surface area contributed by atoms with Crippen LogP contribution in [0.2, 0.25) is 0 Å². The first-order valence-electron chi connectivity index (χ1n) is 4.08. The maximum Gasteiger partial charge on any atom is 0.410 e. The molecule has 76 valence electrons. The first kappa shape index (κ1) is 10.2. The summed E-state index contributed by atoms with van der Waals surface area (Å²) in [5.41, 5.74) is -0.616. The Kier molecular flexibility index (Phi) is 2.45. The minimum absolute atomic E-state index is 0.215. The average molecular weight is 193 g/mol. The first-order valence-corrected chi connectivity index (χ1v) is 4.08. The Balaban J connectivity index is 2.84. The fourth-order valence-corrected chi connectivity index (χ4v) is 1.39. The summed E-state index contributed by atoms with van der Waals surface area (Å²) in [4.78, 5) is 12.2. The number of hydrogen-bond acceptors (Lipinski definition) is 2. The molecular formula is C8H13F2NO2. The zero-order valence-electron chi connectivity index (χ0n) is 7.88. The third kappa shape index (κ3) is 1.89. The summed E-state index contributed by atoms with van der Waals surface area (Å²) in [6, 6.07) is -1.10. The van der Waals surface area contributed by atoms with Gasteiger partial charge in [-0.15, -0.1) is 0 Å². The van der Waals surface area contributed by atoms with E-state index in [1.807, 2.05) is 0 Å².